The lowest BCUT2D eigenvalue weighted by atomic mass is 10.2. The van der Waals surface area contributed by atoms with Gasteiger partial charge in [0.2, 0.25) is 5.91 Å². The van der Waals surface area contributed by atoms with Crippen molar-refractivity contribution in [2.24, 2.45) is 0 Å². The van der Waals surface area contributed by atoms with E-state index in [1.807, 2.05) is 30.3 Å². The first-order chi connectivity index (χ1) is 15.0. The van der Waals surface area contributed by atoms with Gasteiger partial charge in [0.1, 0.15) is 5.82 Å². The molecule has 7 nitrogen and oxygen atoms in total. The second kappa shape index (κ2) is 9.49. The number of hydrogen-bond donors (Lipinski definition) is 2. The Morgan fingerprint density at radius 3 is 2.74 bits per heavy atom. The molecule has 0 atom stereocenters. The number of carbonyl (C=O) groups is 1. The smallest absolute Gasteiger partial charge is 0.258 e. The second-order valence-electron chi connectivity index (χ2n) is 7.88. The highest BCUT2D eigenvalue weighted by molar-refractivity contribution is 6.31. The van der Waals surface area contributed by atoms with Gasteiger partial charge in [0.25, 0.3) is 5.56 Å². The van der Waals surface area contributed by atoms with E-state index in [0.29, 0.717) is 41.0 Å². The van der Waals surface area contributed by atoms with Crippen molar-refractivity contribution in [1.82, 2.24) is 14.9 Å². The van der Waals surface area contributed by atoms with Gasteiger partial charge in [0.15, 0.2) is 0 Å². The summed E-state index contributed by atoms with van der Waals surface area (Å²) >= 11 is 6.19. The summed E-state index contributed by atoms with van der Waals surface area (Å²) in [6, 6.07) is 12.9. The van der Waals surface area contributed by atoms with E-state index < -0.39 is 0 Å². The predicted molar refractivity (Wildman–Crippen MR) is 125 cm³/mol. The van der Waals surface area contributed by atoms with Crippen LogP contribution in [-0.2, 0) is 11.2 Å². The van der Waals surface area contributed by atoms with Crippen molar-refractivity contribution in [2.45, 2.75) is 19.3 Å². The summed E-state index contributed by atoms with van der Waals surface area (Å²) in [7, 11) is 2.11. The van der Waals surface area contributed by atoms with Crippen molar-refractivity contribution in [3.05, 3.63) is 63.7 Å². The fourth-order valence-corrected chi connectivity index (χ4v) is 3.99. The van der Waals surface area contributed by atoms with Crippen LogP contribution in [0.25, 0.3) is 10.9 Å². The van der Waals surface area contributed by atoms with E-state index >= 15 is 0 Å². The van der Waals surface area contributed by atoms with Crippen molar-refractivity contribution >= 4 is 39.8 Å². The molecular formula is C23H26ClN5O2. The van der Waals surface area contributed by atoms with Gasteiger partial charge in [-0.3, -0.25) is 9.59 Å². The fourth-order valence-electron chi connectivity index (χ4n) is 3.81. The van der Waals surface area contributed by atoms with E-state index in [-0.39, 0.29) is 11.5 Å². The van der Waals surface area contributed by atoms with E-state index in [1.54, 1.807) is 12.1 Å². The van der Waals surface area contributed by atoms with Gasteiger partial charge >= 0.3 is 0 Å². The first-order valence-corrected chi connectivity index (χ1v) is 10.9. The molecule has 2 aromatic carbocycles. The minimum atomic E-state index is -0.152. The molecule has 0 spiro atoms. The summed E-state index contributed by atoms with van der Waals surface area (Å²) < 4.78 is 0. The first kappa shape index (κ1) is 21.3. The summed E-state index contributed by atoms with van der Waals surface area (Å²) in [5.74, 6) is 0.512. The number of aromatic nitrogens is 2. The number of halogens is 1. The molecule has 2 heterocycles. The van der Waals surface area contributed by atoms with Crippen LogP contribution in [0.2, 0.25) is 5.02 Å². The monoisotopic (exact) mass is 439 g/mol. The van der Waals surface area contributed by atoms with Crippen LogP contribution < -0.4 is 15.8 Å². The van der Waals surface area contributed by atoms with Crippen LogP contribution in [0.1, 0.15) is 18.7 Å². The molecule has 1 aliphatic rings. The van der Waals surface area contributed by atoms with Crippen LogP contribution in [-0.4, -0.2) is 54.0 Å². The number of rotatable bonds is 6. The Labute approximate surface area is 186 Å². The number of fused-ring (bicyclic) bond motifs is 1. The quantitative estimate of drug-likeness (QED) is 0.616. The Hall–Kier alpha value is -2.90. The predicted octanol–water partition coefficient (Wildman–Crippen LogP) is 3.29. The van der Waals surface area contributed by atoms with Crippen molar-refractivity contribution < 1.29 is 4.79 Å². The van der Waals surface area contributed by atoms with Gasteiger partial charge in [-0.05, 0) is 43.8 Å². The zero-order valence-electron chi connectivity index (χ0n) is 17.5. The Morgan fingerprint density at radius 1 is 1.16 bits per heavy atom. The number of nitrogens with one attached hydrogen (secondary N) is 2. The normalized spacial score (nSPS) is 14.7. The van der Waals surface area contributed by atoms with Gasteiger partial charge in [0.05, 0.1) is 22.3 Å². The van der Waals surface area contributed by atoms with Crippen LogP contribution >= 0.6 is 11.6 Å². The van der Waals surface area contributed by atoms with Crippen LogP contribution in [0.4, 0.5) is 11.4 Å². The number of H-pyrrole nitrogens is 1. The number of hydrogen-bond acceptors (Lipinski definition) is 5. The maximum Gasteiger partial charge on any atom is 0.258 e. The molecule has 31 heavy (non-hydrogen) atoms. The van der Waals surface area contributed by atoms with Crippen molar-refractivity contribution in [2.75, 3.05) is 43.4 Å². The third kappa shape index (κ3) is 5.24. The number of likely N-dealkylation sites (N-methyl/N-ethyl adjacent to an activating group) is 1. The Morgan fingerprint density at radius 2 is 1.94 bits per heavy atom. The van der Waals surface area contributed by atoms with Gasteiger partial charge in [-0.15, -0.1) is 0 Å². The largest absolute Gasteiger partial charge is 0.367 e. The minimum Gasteiger partial charge on any atom is -0.367 e. The average Bonchev–Trinajstić information content (AvgIpc) is 2.75. The molecule has 3 aromatic rings. The van der Waals surface area contributed by atoms with E-state index in [2.05, 4.69) is 32.1 Å². The molecule has 1 amide bonds. The average molecular weight is 440 g/mol. The third-order valence-corrected chi connectivity index (χ3v) is 5.79. The van der Waals surface area contributed by atoms with Crippen molar-refractivity contribution in [3.63, 3.8) is 0 Å². The van der Waals surface area contributed by atoms with Crippen molar-refractivity contribution in [1.29, 1.82) is 0 Å². The maximum absolute atomic E-state index is 12.6. The lowest BCUT2D eigenvalue weighted by Gasteiger charge is -2.35. The lowest BCUT2D eigenvalue weighted by molar-refractivity contribution is -0.116. The molecule has 0 unspecified atom stereocenters. The van der Waals surface area contributed by atoms with Crippen LogP contribution in [0.3, 0.4) is 0 Å². The number of aromatic amines is 1. The highest BCUT2D eigenvalue weighted by Crippen LogP contribution is 2.30. The zero-order chi connectivity index (χ0) is 21.8. The molecule has 0 aliphatic carbocycles. The summed E-state index contributed by atoms with van der Waals surface area (Å²) in [5, 5.41) is 4.18. The van der Waals surface area contributed by atoms with Gasteiger partial charge in [-0.1, -0.05) is 23.7 Å². The molecule has 1 saturated heterocycles. The zero-order valence-corrected chi connectivity index (χ0v) is 18.3. The Kier molecular flexibility index (Phi) is 6.53. The number of para-hydroxylation sites is 1. The summed E-state index contributed by atoms with van der Waals surface area (Å²) in [6.07, 6.45) is 1.43. The Bertz CT molecular complexity index is 1140. The third-order valence-electron chi connectivity index (χ3n) is 5.56. The van der Waals surface area contributed by atoms with Crippen LogP contribution in [0.5, 0.6) is 0 Å². The molecule has 1 aliphatic heterocycles. The highest BCUT2D eigenvalue weighted by atomic mass is 35.5. The molecule has 8 heteroatoms. The maximum atomic E-state index is 12.6. The molecule has 0 bridgehead atoms. The topological polar surface area (TPSA) is 81.3 Å². The number of anilines is 2. The van der Waals surface area contributed by atoms with Gasteiger partial charge in [0, 0.05) is 44.0 Å². The van der Waals surface area contributed by atoms with Crippen molar-refractivity contribution in [3.8, 4) is 0 Å². The number of benzene rings is 2. The summed E-state index contributed by atoms with van der Waals surface area (Å²) in [4.78, 5) is 36.7. The molecule has 2 N–H and O–H groups in total. The molecular weight excluding hydrogens is 414 g/mol. The fraction of sp³-hybridized carbons (Fsp3) is 0.348. The molecule has 0 saturated carbocycles. The van der Waals surface area contributed by atoms with E-state index in [4.69, 9.17) is 11.6 Å². The molecule has 1 fully saturated rings. The Balaban J connectivity index is 1.38. The van der Waals surface area contributed by atoms with Gasteiger partial charge in [-0.2, -0.15) is 0 Å². The lowest BCUT2D eigenvalue weighted by Crippen LogP contribution is -2.44. The number of carbonyl (C=O) groups excluding carboxylic acids is 1. The molecule has 4 rings (SSSR count). The highest BCUT2D eigenvalue weighted by Gasteiger charge is 2.18. The van der Waals surface area contributed by atoms with E-state index in [9.17, 15) is 9.59 Å². The standard InChI is InChI=1S/C23H26ClN5O2/c1-28-11-13-29(14-12-28)20-10-9-16(24)15-19(20)26-22(30)8-4-7-21-25-18-6-3-2-5-17(18)23(31)27-21/h2-3,5-6,9-10,15H,4,7-8,11-14H2,1H3,(H,26,30)(H,25,27,31). The second-order valence-corrected chi connectivity index (χ2v) is 8.32. The molecule has 0 radical (unpaired) electrons. The SMILES string of the molecule is CN1CCN(c2ccc(Cl)cc2NC(=O)CCCc2nc3ccccc3c(=O)[nH]2)CC1. The number of amides is 1. The molecule has 162 valence electrons. The van der Waals surface area contributed by atoms with Gasteiger partial charge in [-0.25, -0.2) is 4.98 Å². The molecule has 1 aromatic heterocycles. The number of aryl methyl sites for hydroxylation is 1. The minimum absolute atomic E-state index is 0.0826. The van der Waals surface area contributed by atoms with E-state index in [1.165, 1.54) is 0 Å². The van der Waals surface area contributed by atoms with E-state index in [0.717, 1.165) is 37.6 Å². The summed E-state index contributed by atoms with van der Waals surface area (Å²) in [6.45, 7) is 3.77. The van der Waals surface area contributed by atoms with Gasteiger partial charge < -0.3 is 20.1 Å². The number of piperazine rings is 1. The number of nitrogens with zero attached hydrogens (tertiary/aromatic N) is 3. The first-order valence-electron chi connectivity index (χ1n) is 10.5. The van der Waals surface area contributed by atoms with Crippen LogP contribution in [0.15, 0.2) is 47.3 Å². The van der Waals surface area contributed by atoms with Crippen LogP contribution in [0, 0.1) is 0 Å². The summed E-state index contributed by atoms with van der Waals surface area (Å²) in [5.41, 5.74) is 2.24.